The molecule has 0 fully saturated rings. The third-order valence-electron chi connectivity index (χ3n) is 4.90. The van der Waals surface area contributed by atoms with Gasteiger partial charge in [0, 0.05) is 34.6 Å². The number of carboxylic acids is 2. The standard InChI is InChI=1S/C20H26ClNO6/c1-13-9-14-10-15(21)6-7-17(14)22(13)8-4-2-3-5-16(23)11-20(28,19(26)27)12-18(24)25/h6-7,9-10,16,23,28H,2-5,8,11-12H2,1H3,(H,24,25)(H,26,27)/t16-,20+/m1/s1. The number of aryl methyl sites for hydroxylation is 2. The predicted molar refractivity (Wildman–Crippen MR) is 106 cm³/mol. The molecule has 0 aliphatic rings. The average molecular weight is 412 g/mol. The molecule has 7 nitrogen and oxygen atoms in total. The molecule has 8 heteroatoms. The van der Waals surface area contributed by atoms with E-state index in [4.69, 9.17) is 21.8 Å². The molecule has 0 saturated carbocycles. The van der Waals surface area contributed by atoms with Crippen molar-refractivity contribution in [2.45, 2.75) is 63.7 Å². The number of aliphatic hydroxyl groups is 2. The van der Waals surface area contributed by atoms with Crippen LogP contribution < -0.4 is 0 Å². The fourth-order valence-electron chi connectivity index (χ4n) is 3.48. The number of halogens is 1. The molecule has 1 heterocycles. The Bertz CT molecular complexity index is 849. The fourth-order valence-corrected chi connectivity index (χ4v) is 3.66. The lowest BCUT2D eigenvalue weighted by molar-refractivity contribution is -0.168. The summed E-state index contributed by atoms with van der Waals surface area (Å²) in [7, 11) is 0. The van der Waals surface area contributed by atoms with E-state index in [0.29, 0.717) is 17.9 Å². The van der Waals surface area contributed by atoms with Gasteiger partial charge < -0.3 is 25.0 Å². The van der Waals surface area contributed by atoms with E-state index < -0.39 is 36.5 Å². The van der Waals surface area contributed by atoms with Gasteiger partial charge in [-0.25, -0.2) is 4.79 Å². The number of benzene rings is 1. The normalized spacial score (nSPS) is 14.7. The largest absolute Gasteiger partial charge is 0.481 e. The van der Waals surface area contributed by atoms with Gasteiger partial charge in [0.25, 0.3) is 0 Å². The quantitative estimate of drug-likeness (QED) is 0.421. The van der Waals surface area contributed by atoms with Gasteiger partial charge in [0.15, 0.2) is 5.60 Å². The van der Waals surface area contributed by atoms with Crippen molar-refractivity contribution < 1.29 is 30.0 Å². The monoisotopic (exact) mass is 411 g/mol. The van der Waals surface area contributed by atoms with Gasteiger partial charge in [0.05, 0.1) is 12.5 Å². The van der Waals surface area contributed by atoms with Crippen LogP contribution in [0, 0.1) is 6.92 Å². The number of aliphatic hydroxyl groups excluding tert-OH is 1. The van der Waals surface area contributed by atoms with Gasteiger partial charge in [0.1, 0.15) is 0 Å². The van der Waals surface area contributed by atoms with Gasteiger partial charge in [0.2, 0.25) is 0 Å². The highest BCUT2D eigenvalue weighted by Crippen LogP contribution is 2.24. The Morgan fingerprint density at radius 2 is 1.89 bits per heavy atom. The number of hydrogen-bond acceptors (Lipinski definition) is 4. The van der Waals surface area contributed by atoms with Crippen molar-refractivity contribution in [3.63, 3.8) is 0 Å². The molecular formula is C20H26ClNO6. The molecule has 2 aromatic rings. The third-order valence-corrected chi connectivity index (χ3v) is 5.14. The molecule has 0 spiro atoms. The minimum Gasteiger partial charge on any atom is -0.481 e. The number of rotatable bonds is 11. The molecule has 0 radical (unpaired) electrons. The predicted octanol–water partition coefficient (Wildman–Crippen LogP) is 3.20. The smallest absolute Gasteiger partial charge is 0.336 e. The van der Waals surface area contributed by atoms with Crippen molar-refractivity contribution in [2.24, 2.45) is 0 Å². The molecule has 0 unspecified atom stereocenters. The maximum absolute atomic E-state index is 11.1. The first kappa shape index (κ1) is 22.2. The topological polar surface area (TPSA) is 120 Å². The molecule has 4 N–H and O–H groups in total. The molecule has 2 rings (SSSR count). The molecule has 2 atom stereocenters. The number of nitrogens with zero attached hydrogens (tertiary/aromatic N) is 1. The number of carboxylic acid groups (broad SMARTS) is 2. The Hall–Kier alpha value is -2.09. The minimum atomic E-state index is -2.45. The second kappa shape index (κ2) is 9.41. The minimum absolute atomic E-state index is 0.302. The summed E-state index contributed by atoms with van der Waals surface area (Å²) >= 11 is 6.03. The van der Waals surface area contributed by atoms with Crippen LogP contribution in [0.15, 0.2) is 24.3 Å². The summed E-state index contributed by atoms with van der Waals surface area (Å²) in [5.41, 5.74) is -0.201. The van der Waals surface area contributed by atoms with Gasteiger partial charge in [-0.1, -0.05) is 24.4 Å². The highest BCUT2D eigenvalue weighted by atomic mass is 35.5. The highest BCUT2D eigenvalue weighted by Gasteiger charge is 2.40. The zero-order valence-electron chi connectivity index (χ0n) is 15.8. The van der Waals surface area contributed by atoms with Crippen molar-refractivity contribution in [3.8, 4) is 0 Å². The van der Waals surface area contributed by atoms with Gasteiger partial charge in [-0.05, 0) is 44.0 Å². The van der Waals surface area contributed by atoms with Crippen molar-refractivity contribution in [1.29, 1.82) is 0 Å². The van der Waals surface area contributed by atoms with Gasteiger partial charge in [-0.2, -0.15) is 0 Å². The van der Waals surface area contributed by atoms with Crippen LogP contribution >= 0.6 is 11.6 Å². The van der Waals surface area contributed by atoms with Crippen molar-refractivity contribution in [2.75, 3.05) is 0 Å². The third kappa shape index (κ3) is 5.70. The summed E-state index contributed by atoms with van der Waals surface area (Å²) < 4.78 is 2.21. The Labute approximate surface area is 168 Å². The van der Waals surface area contributed by atoms with Crippen LogP contribution in [0.3, 0.4) is 0 Å². The number of hydrogen-bond donors (Lipinski definition) is 4. The summed E-state index contributed by atoms with van der Waals surface area (Å²) in [4.78, 5) is 21.9. The van der Waals surface area contributed by atoms with Crippen LogP contribution in [0.25, 0.3) is 10.9 Å². The number of unbranched alkanes of at least 4 members (excludes halogenated alkanes) is 2. The van der Waals surface area contributed by atoms with Gasteiger partial charge in [-0.15, -0.1) is 0 Å². The highest BCUT2D eigenvalue weighted by molar-refractivity contribution is 6.31. The average Bonchev–Trinajstić information content (AvgIpc) is 2.88. The first-order chi connectivity index (χ1) is 13.1. The summed E-state index contributed by atoms with van der Waals surface area (Å²) in [6, 6.07) is 7.86. The Morgan fingerprint density at radius 3 is 2.54 bits per heavy atom. The molecule has 1 aromatic carbocycles. The fraction of sp³-hybridized carbons (Fsp3) is 0.500. The Balaban J connectivity index is 1.81. The van der Waals surface area contributed by atoms with E-state index in [9.17, 15) is 19.8 Å². The first-order valence-corrected chi connectivity index (χ1v) is 9.61. The van der Waals surface area contributed by atoms with Gasteiger partial charge in [-0.3, -0.25) is 4.79 Å². The molecule has 0 aliphatic carbocycles. The zero-order valence-corrected chi connectivity index (χ0v) is 16.5. The van der Waals surface area contributed by atoms with E-state index in [1.54, 1.807) is 0 Å². The van der Waals surface area contributed by atoms with Crippen LogP contribution in [0.2, 0.25) is 5.02 Å². The maximum atomic E-state index is 11.1. The first-order valence-electron chi connectivity index (χ1n) is 9.23. The molecular weight excluding hydrogens is 386 g/mol. The van der Waals surface area contributed by atoms with E-state index in [1.807, 2.05) is 25.1 Å². The summed E-state index contributed by atoms with van der Waals surface area (Å²) in [5.74, 6) is -3.06. The lowest BCUT2D eigenvalue weighted by Crippen LogP contribution is -2.43. The molecule has 0 bridgehead atoms. The van der Waals surface area contributed by atoms with Crippen LogP contribution in [-0.2, 0) is 16.1 Å². The van der Waals surface area contributed by atoms with Crippen LogP contribution in [0.4, 0.5) is 0 Å². The number of aliphatic carboxylic acids is 2. The van der Waals surface area contributed by atoms with Crippen molar-refractivity contribution in [1.82, 2.24) is 4.57 Å². The lowest BCUT2D eigenvalue weighted by Gasteiger charge is -2.24. The molecule has 1 aromatic heterocycles. The number of fused-ring (bicyclic) bond motifs is 1. The van der Waals surface area contributed by atoms with Gasteiger partial charge >= 0.3 is 11.9 Å². The van der Waals surface area contributed by atoms with E-state index >= 15 is 0 Å². The summed E-state index contributed by atoms with van der Waals surface area (Å²) in [5, 5.41) is 39.5. The number of aromatic nitrogens is 1. The van der Waals surface area contributed by atoms with E-state index in [2.05, 4.69) is 10.6 Å². The maximum Gasteiger partial charge on any atom is 0.336 e. The number of carbonyl (C=O) groups is 2. The lowest BCUT2D eigenvalue weighted by atomic mass is 9.90. The molecule has 0 saturated heterocycles. The van der Waals surface area contributed by atoms with Crippen LogP contribution in [0.1, 0.15) is 44.2 Å². The van der Waals surface area contributed by atoms with E-state index in [0.717, 1.165) is 36.0 Å². The zero-order chi connectivity index (χ0) is 20.9. The van der Waals surface area contributed by atoms with Crippen LogP contribution in [0.5, 0.6) is 0 Å². The Kier molecular flexibility index (Phi) is 7.46. The summed E-state index contributed by atoms with van der Waals surface area (Å²) in [6.07, 6.45) is 0.119. The van der Waals surface area contributed by atoms with E-state index in [-0.39, 0.29) is 0 Å². The molecule has 154 valence electrons. The second-order valence-electron chi connectivity index (χ2n) is 7.26. The Morgan fingerprint density at radius 1 is 1.18 bits per heavy atom. The van der Waals surface area contributed by atoms with Crippen molar-refractivity contribution in [3.05, 3.63) is 35.0 Å². The summed E-state index contributed by atoms with van der Waals surface area (Å²) in [6.45, 7) is 2.85. The SMILES string of the molecule is Cc1cc2cc(Cl)ccc2n1CCCCC[C@@H](O)C[C@](O)(CC(=O)O)C(=O)O. The van der Waals surface area contributed by atoms with Crippen molar-refractivity contribution >= 4 is 34.4 Å². The second-order valence-corrected chi connectivity index (χ2v) is 7.69. The van der Waals surface area contributed by atoms with E-state index in [1.165, 1.54) is 0 Å². The molecule has 0 amide bonds. The van der Waals surface area contributed by atoms with Crippen LogP contribution in [-0.4, -0.2) is 48.6 Å². The molecule has 28 heavy (non-hydrogen) atoms. The molecule has 0 aliphatic heterocycles.